The van der Waals surface area contributed by atoms with Crippen LogP contribution in [0, 0.1) is 11.3 Å². The fraction of sp³-hybridized carbons (Fsp3) is 0.545. The molecule has 2 aromatic rings. The van der Waals surface area contributed by atoms with Gasteiger partial charge in [-0.1, -0.05) is 24.6 Å². The Morgan fingerprint density at radius 2 is 2.14 bits per heavy atom. The lowest BCUT2D eigenvalue weighted by Gasteiger charge is -2.63. The summed E-state index contributed by atoms with van der Waals surface area (Å²) < 4.78 is 11.7. The third kappa shape index (κ3) is 2.91. The Labute approximate surface area is 165 Å². The Hall–Kier alpha value is -2.34. The Kier molecular flexibility index (Phi) is 4.59. The van der Waals surface area contributed by atoms with E-state index in [0.717, 1.165) is 36.8 Å². The van der Waals surface area contributed by atoms with E-state index in [2.05, 4.69) is 22.5 Å². The van der Waals surface area contributed by atoms with Gasteiger partial charge in [0.15, 0.2) is 5.96 Å². The number of nitrogens with zero attached hydrogens (tertiary/aromatic N) is 2. The van der Waals surface area contributed by atoms with Crippen LogP contribution in [0.3, 0.4) is 0 Å². The van der Waals surface area contributed by atoms with Crippen LogP contribution in [0.1, 0.15) is 38.3 Å². The first-order chi connectivity index (χ1) is 13.8. The number of fused-ring (bicyclic) bond motifs is 2. The van der Waals surface area contributed by atoms with Gasteiger partial charge in [-0.05, 0) is 38.3 Å². The molecule has 28 heavy (non-hydrogen) atoms. The van der Waals surface area contributed by atoms with Crippen LogP contribution in [0.4, 0.5) is 0 Å². The Bertz CT molecular complexity index is 843. The van der Waals surface area contributed by atoms with Gasteiger partial charge in [0.2, 0.25) is 5.89 Å². The van der Waals surface area contributed by atoms with Crippen molar-refractivity contribution in [3.63, 3.8) is 0 Å². The van der Waals surface area contributed by atoms with E-state index < -0.39 is 0 Å². The second-order valence-corrected chi connectivity index (χ2v) is 8.16. The minimum atomic E-state index is 0.339. The van der Waals surface area contributed by atoms with Crippen LogP contribution < -0.4 is 10.6 Å². The highest BCUT2D eigenvalue weighted by atomic mass is 16.5. The molecule has 3 atom stereocenters. The molecule has 1 aliphatic heterocycles. The topological polar surface area (TPSA) is 71.7 Å². The molecular weight excluding hydrogens is 352 g/mol. The van der Waals surface area contributed by atoms with E-state index in [1.165, 1.54) is 19.3 Å². The molecule has 2 saturated carbocycles. The largest absolute Gasteiger partial charge is 0.444 e. The quantitative estimate of drug-likeness (QED) is 0.615. The van der Waals surface area contributed by atoms with Gasteiger partial charge in [-0.15, -0.1) is 0 Å². The van der Waals surface area contributed by atoms with E-state index >= 15 is 0 Å². The van der Waals surface area contributed by atoms with Crippen molar-refractivity contribution in [3.8, 4) is 11.5 Å². The van der Waals surface area contributed by atoms with Gasteiger partial charge in [-0.3, -0.25) is 0 Å². The van der Waals surface area contributed by atoms with Gasteiger partial charge in [0.05, 0.1) is 12.6 Å². The van der Waals surface area contributed by atoms with E-state index in [4.69, 9.17) is 14.1 Å². The van der Waals surface area contributed by atoms with Crippen LogP contribution in [0.25, 0.3) is 11.5 Å². The van der Waals surface area contributed by atoms with Crippen LogP contribution in [0.5, 0.6) is 0 Å². The average molecular weight is 380 g/mol. The fourth-order valence-electron chi connectivity index (χ4n) is 5.18. The van der Waals surface area contributed by atoms with E-state index in [-0.39, 0.29) is 0 Å². The van der Waals surface area contributed by atoms with E-state index in [9.17, 15) is 0 Å². The number of ether oxygens (including phenoxy) is 1. The van der Waals surface area contributed by atoms with Crippen LogP contribution in [-0.2, 0) is 11.3 Å². The molecule has 0 amide bonds. The van der Waals surface area contributed by atoms with Crippen molar-refractivity contribution in [2.45, 2.75) is 51.3 Å². The van der Waals surface area contributed by atoms with E-state index in [0.29, 0.717) is 35.9 Å². The lowest BCUT2D eigenvalue weighted by atomic mass is 9.46. The normalized spacial score (nSPS) is 27.8. The van der Waals surface area contributed by atoms with Gasteiger partial charge in [-0.2, -0.15) is 0 Å². The first-order valence-electron chi connectivity index (χ1n) is 10.5. The molecule has 0 radical (unpaired) electrons. The molecule has 1 saturated heterocycles. The molecule has 6 nitrogen and oxygen atoms in total. The molecule has 3 unspecified atom stereocenters. The molecule has 0 bridgehead atoms. The maximum absolute atomic E-state index is 6.03. The summed E-state index contributed by atoms with van der Waals surface area (Å²) in [6.45, 7) is 4.34. The number of benzene rings is 1. The summed E-state index contributed by atoms with van der Waals surface area (Å²) in [5.74, 6) is 2.14. The number of nitrogens with one attached hydrogen (secondary N) is 2. The zero-order valence-corrected chi connectivity index (χ0v) is 16.4. The maximum atomic E-state index is 6.03. The van der Waals surface area contributed by atoms with Gasteiger partial charge >= 0.3 is 0 Å². The Morgan fingerprint density at radius 3 is 2.89 bits per heavy atom. The van der Waals surface area contributed by atoms with Crippen molar-refractivity contribution in [1.29, 1.82) is 0 Å². The second-order valence-electron chi connectivity index (χ2n) is 8.16. The highest BCUT2D eigenvalue weighted by molar-refractivity contribution is 5.80. The lowest BCUT2D eigenvalue weighted by Crippen LogP contribution is -2.72. The number of aliphatic imine (C=N–C) groups is 1. The van der Waals surface area contributed by atoms with Crippen LogP contribution in [0.15, 0.2) is 46.0 Å². The third-order valence-corrected chi connectivity index (χ3v) is 6.64. The van der Waals surface area contributed by atoms with Crippen molar-refractivity contribution in [2.24, 2.45) is 16.3 Å². The summed E-state index contributed by atoms with van der Waals surface area (Å²) in [6, 6.07) is 10.4. The minimum absolute atomic E-state index is 0.339. The summed E-state index contributed by atoms with van der Waals surface area (Å²) in [6.07, 6.45) is 7.19. The van der Waals surface area contributed by atoms with E-state index in [1.54, 1.807) is 6.26 Å². The molecule has 3 aliphatic rings. The van der Waals surface area contributed by atoms with Gasteiger partial charge in [0, 0.05) is 36.1 Å². The van der Waals surface area contributed by atoms with Gasteiger partial charge in [0.1, 0.15) is 12.0 Å². The Morgan fingerprint density at radius 1 is 1.29 bits per heavy atom. The predicted octanol–water partition coefficient (Wildman–Crippen LogP) is 3.35. The summed E-state index contributed by atoms with van der Waals surface area (Å²) in [7, 11) is 0. The number of hydrogen-bond acceptors (Lipinski definition) is 4. The SMILES string of the molecule is CCNC(=NCc1coc(-c2ccccc2)n1)NC1C2CCOC2C12CCC2. The second kappa shape index (κ2) is 7.24. The van der Waals surface area contributed by atoms with Gasteiger partial charge < -0.3 is 19.8 Å². The molecule has 2 aliphatic carbocycles. The molecule has 2 heterocycles. The number of aromatic nitrogens is 1. The minimum Gasteiger partial charge on any atom is -0.444 e. The highest BCUT2D eigenvalue weighted by Gasteiger charge is 2.66. The molecule has 148 valence electrons. The predicted molar refractivity (Wildman–Crippen MR) is 108 cm³/mol. The zero-order chi connectivity index (χ0) is 19.0. The standard InChI is InChI=1S/C22H28N4O2/c1-2-23-21(26-18-17-9-12-27-19(17)22(18)10-6-11-22)24-13-16-14-28-20(25-16)15-7-4-3-5-8-15/h3-5,7-8,14,17-19H,2,6,9-13H2,1H3,(H2,23,24,26). The number of oxazole rings is 1. The number of guanidine groups is 1. The van der Waals surface area contributed by atoms with Crippen LogP contribution in [-0.4, -0.2) is 36.2 Å². The van der Waals surface area contributed by atoms with Crippen molar-refractivity contribution >= 4 is 5.96 Å². The van der Waals surface area contributed by atoms with Crippen LogP contribution in [0.2, 0.25) is 0 Å². The number of hydrogen-bond donors (Lipinski definition) is 2. The monoisotopic (exact) mass is 380 g/mol. The van der Waals surface area contributed by atoms with Crippen molar-refractivity contribution in [3.05, 3.63) is 42.3 Å². The first-order valence-corrected chi connectivity index (χ1v) is 10.5. The van der Waals surface area contributed by atoms with Crippen molar-refractivity contribution in [2.75, 3.05) is 13.2 Å². The molecule has 3 fully saturated rings. The zero-order valence-electron chi connectivity index (χ0n) is 16.4. The summed E-state index contributed by atoms with van der Waals surface area (Å²) in [4.78, 5) is 9.37. The first kappa shape index (κ1) is 17.7. The van der Waals surface area contributed by atoms with Crippen LogP contribution >= 0.6 is 0 Å². The molecule has 2 N–H and O–H groups in total. The summed E-state index contributed by atoms with van der Waals surface area (Å²) >= 11 is 0. The fourth-order valence-corrected chi connectivity index (χ4v) is 5.18. The Balaban J connectivity index is 1.28. The molecule has 1 aromatic heterocycles. The summed E-state index contributed by atoms with van der Waals surface area (Å²) in [5.41, 5.74) is 2.16. The van der Waals surface area contributed by atoms with Gasteiger partial charge in [0.25, 0.3) is 0 Å². The number of rotatable bonds is 5. The lowest BCUT2D eigenvalue weighted by molar-refractivity contribution is -0.171. The highest BCUT2D eigenvalue weighted by Crippen LogP contribution is 2.62. The van der Waals surface area contributed by atoms with Crippen molar-refractivity contribution in [1.82, 2.24) is 15.6 Å². The molecule has 6 heteroatoms. The smallest absolute Gasteiger partial charge is 0.226 e. The van der Waals surface area contributed by atoms with Crippen molar-refractivity contribution < 1.29 is 9.15 Å². The average Bonchev–Trinajstić information content (AvgIpc) is 3.32. The molecule has 5 rings (SSSR count). The maximum Gasteiger partial charge on any atom is 0.226 e. The van der Waals surface area contributed by atoms with Gasteiger partial charge in [-0.25, -0.2) is 9.98 Å². The third-order valence-electron chi connectivity index (χ3n) is 6.64. The molecular formula is C22H28N4O2. The summed E-state index contributed by atoms with van der Waals surface area (Å²) in [5, 5.41) is 7.12. The van der Waals surface area contributed by atoms with E-state index in [1.807, 2.05) is 30.3 Å². The molecule has 1 spiro atoms. The molecule has 1 aromatic carbocycles.